The van der Waals surface area contributed by atoms with Gasteiger partial charge in [0, 0.05) is 51.5 Å². The summed E-state index contributed by atoms with van der Waals surface area (Å²) in [5.74, 6) is 1.13. The second kappa shape index (κ2) is 6.00. The summed E-state index contributed by atoms with van der Waals surface area (Å²) in [5.41, 5.74) is 3.61. The van der Waals surface area contributed by atoms with Crippen molar-refractivity contribution in [1.29, 1.82) is 0 Å². The van der Waals surface area contributed by atoms with Crippen LogP contribution < -0.4 is 5.32 Å². The van der Waals surface area contributed by atoms with Crippen LogP contribution in [0, 0.1) is 5.92 Å². The SMILES string of the molecule is Cn1cc(NC[C@@H]2CCCO[C@H]2c2ccnn2C)c(C2CC2)n1. The molecule has 1 saturated heterocycles. The van der Waals surface area contributed by atoms with E-state index >= 15 is 0 Å². The fourth-order valence-electron chi connectivity index (χ4n) is 3.58. The number of rotatable bonds is 5. The minimum Gasteiger partial charge on any atom is -0.382 e. The second-order valence-corrected chi connectivity index (χ2v) is 6.83. The van der Waals surface area contributed by atoms with Crippen LogP contribution >= 0.6 is 0 Å². The Hall–Kier alpha value is -1.82. The van der Waals surface area contributed by atoms with E-state index in [1.54, 1.807) is 0 Å². The lowest BCUT2D eigenvalue weighted by Gasteiger charge is -2.32. The highest BCUT2D eigenvalue weighted by atomic mass is 16.5. The van der Waals surface area contributed by atoms with Crippen LogP contribution in [0.3, 0.4) is 0 Å². The molecule has 1 aliphatic heterocycles. The molecule has 124 valence electrons. The molecule has 0 radical (unpaired) electrons. The van der Waals surface area contributed by atoms with Crippen molar-refractivity contribution < 1.29 is 4.74 Å². The Kier molecular flexibility index (Phi) is 3.85. The first-order chi connectivity index (χ1) is 11.2. The molecule has 2 aliphatic rings. The molecule has 2 aromatic rings. The summed E-state index contributed by atoms with van der Waals surface area (Å²) >= 11 is 0. The van der Waals surface area contributed by atoms with Crippen LogP contribution in [0.1, 0.15) is 49.1 Å². The molecule has 23 heavy (non-hydrogen) atoms. The van der Waals surface area contributed by atoms with E-state index in [0.29, 0.717) is 11.8 Å². The lowest BCUT2D eigenvalue weighted by atomic mass is 9.92. The zero-order valence-electron chi connectivity index (χ0n) is 13.9. The van der Waals surface area contributed by atoms with Gasteiger partial charge in [-0.1, -0.05) is 0 Å². The predicted octanol–water partition coefficient (Wildman–Crippen LogP) is 2.61. The van der Waals surface area contributed by atoms with Crippen molar-refractivity contribution in [3.63, 3.8) is 0 Å². The van der Waals surface area contributed by atoms with Crippen LogP contribution in [-0.4, -0.2) is 32.7 Å². The zero-order valence-corrected chi connectivity index (χ0v) is 13.9. The molecule has 0 unspecified atom stereocenters. The Morgan fingerprint density at radius 3 is 2.91 bits per heavy atom. The third kappa shape index (κ3) is 3.00. The summed E-state index contributed by atoms with van der Waals surface area (Å²) in [6, 6.07) is 2.07. The van der Waals surface area contributed by atoms with Gasteiger partial charge in [0.15, 0.2) is 0 Å². The first-order valence-electron chi connectivity index (χ1n) is 8.59. The number of hydrogen-bond donors (Lipinski definition) is 1. The molecule has 1 N–H and O–H groups in total. The fraction of sp³-hybridized carbons (Fsp3) is 0.647. The van der Waals surface area contributed by atoms with Gasteiger partial charge >= 0.3 is 0 Å². The Morgan fingerprint density at radius 1 is 1.30 bits per heavy atom. The van der Waals surface area contributed by atoms with Crippen LogP contribution in [0.5, 0.6) is 0 Å². The molecule has 4 rings (SSSR count). The van der Waals surface area contributed by atoms with Crippen molar-refractivity contribution in [2.75, 3.05) is 18.5 Å². The molecule has 0 spiro atoms. The van der Waals surface area contributed by atoms with E-state index in [1.165, 1.54) is 36.3 Å². The van der Waals surface area contributed by atoms with Gasteiger partial charge in [0.1, 0.15) is 6.10 Å². The Labute approximate surface area is 136 Å². The van der Waals surface area contributed by atoms with E-state index in [0.717, 1.165) is 19.6 Å². The van der Waals surface area contributed by atoms with Gasteiger partial charge in [0.05, 0.1) is 17.1 Å². The smallest absolute Gasteiger partial charge is 0.104 e. The predicted molar refractivity (Wildman–Crippen MR) is 88.3 cm³/mol. The largest absolute Gasteiger partial charge is 0.382 e. The molecule has 6 nitrogen and oxygen atoms in total. The summed E-state index contributed by atoms with van der Waals surface area (Å²) in [6.45, 7) is 1.76. The molecule has 1 aliphatic carbocycles. The molecule has 0 bridgehead atoms. The van der Waals surface area contributed by atoms with E-state index in [9.17, 15) is 0 Å². The fourth-order valence-corrected chi connectivity index (χ4v) is 3.58. The van der Waals surface area contributed by atoms with Gasteiger partial charge in [-0.05, 0) is 31.7 Å². The van der Waals surface area contributed by atoms with Crippen molar-refractivity contribution in [2.45, 2.75) is 37.7 Å². The third-order valence-corrected chi connectivity index (χ3v) is 4.97. The van der Waals surface area contributed by atoms with Gasteiger partial charge in [-0.15, -0.1) is 0 Å². The molecule has 3 heterocycles. The van der Waals surface area contributed by atoms with Crippen LogP contribution in [0.4, 0.5) is 5.69 Å². The summed E-state index contributed by atoms with van der Waals surface area (Å²) in [7, 11) is 3.99. The number of aryl methyl sites for hydroxylation is 2. The van der Waals surface area contributed by atoms with E-state index in [2.05, 4.69) is 27.8 Å². The number of aromatic nitrogens is 4. The van der Waals surface area contributed by atoms with Gasteiger partial charge in [-0.25, -0.2) is 0 Å². The average Bonchev–Trinajstić information content (AvgIpc) is 3.21. The van der Waals surface area contributed by atoms with E-state index in [4.69, 9.17) is 4.74 Å². The molecular weight excluding hydrogens is 290 g/mol. The molecule has 2 fully saturated rings. The number of hydrogen-bond acceptors (Lipinski definition) is 4. The highest BCUT2D eigenvalue weighted by Gasteiger charge is 2.32. The van der Waals surface area contributed by atoms with Crippen molar-refractivity contribution in [3.05, 3.63) is 29.8 Å². The van der Waals surface area contributed by atoms with E-state index in [-0.39, 0.29) is 6.10 Å². The number of anilines is 1. The molecule has 2 aromatic heterocycles. The van der Waals surface area contributed by atoms with E-state index in [1.807, 2.05) is 29.7 Å². The van der Waals surface area contributed by atoms with Crippen LogP contribution in [0.2, 0.25) is 0 Å². The number of nitrogens with one attached hydrogen (secondary N) is 1. The van der Waals surface area contributed by atoms with E-state index < -0.39 is 0 Å². The van der Waals surface area contributed by atoms with Gasteiger partial charge in [-0.2, -0.15) is 10.2 Å². The maximum atomic E-state index is 6.08. The highest BCUT2D eigenvalue weighted by molar-refractivity contribution is 5.49. The molecule has 0 amide bonds. The summed E-state index contributed by atoms with van der Waals surface area (Å²) in [5, 5.41) is 12.6. The van der Waals surface area contributed by atoms with Crippen LogP contribution in [-0.2, 0) is 18.8 Å². The summed E-state index contributed by atoms with van der Waals surface area (Å²) < 4.78 is 9.93. The van der Waals surface area contributed by atoms with Crippen LogP contribution in [0.25, 0.3) is 0 Å². The maximum absolute atomic E-state index is 6.08. The van der Waals surface area contributed by atoms with Crippen molar-refractivity contribution in [3.8, 4) is 0 Å². The normalized spacial score (nSPS) is 24.8. The Morgan fingerprint density at radius 2 is 2.17 bits per heavy atom. The van der Waals surface area contributed by atoms with Crippen LogP contribution in [0.15, 0.2) is 18.5 Å². The Balaban J connectivity index is 1.47. The molecular formula is C17H25N5O. The molecule has 2 atom stereocenters. The lowest BCUT2D eigenvalue weighted by Crippen LogP contribution is -2.29. The number of ether oxygens (including phenoxy) is 1. The monoisotopic (exact) mass is 315 g/mol. The first-order valence-corrected chi connectivity index (χ1v) is 8.59. The maximum Gasteiger partial charge on any atom is 0.104 e. The third-order valence-electron chi connectivity index (χ3n) is 4.97. The number of nitrogens with zero attached hydrogens (tertiary/aromatic N) is 4. The van der Waals surface area contributed by atoms with Gasteiger partial charge < -0.3 is 10.1 Å². The molecule has 1 saturated carbocycles. The topological polar surface area (TPSA) is 56.9 Å². The van der Waals surface area contributed by atoms with Gasteiger partial charge in [0.2, 0.25) is 0 Å². The first kappa shape index (κ1) is 14.8. The van der Waals surface area contributed by atoms with Gasteiger partial charge in [-0.3, -0.25) is 9.36 Å². The second-order valence-electron chi connectivity index (χ2n) is 6.83. The highest BCUT2D eigenvalue weighted by Crippen LogP contribution is 2.42. The molecule has 6 heteroatoms. The summed E-state index contributed by atoms with van der Waals surface area (Å²) in [4.78, 5) is 0. The minimum absolute atomic E-state index is 0.129. The minimum atomic E-state index is 0.129. The lowest BCUT2D eigenvalue weighted by molar-refractivity contribution is -0.0284. The Bertz CT molecular complexity index is 672. The van der Waals surface area contributed by atoms with Crippen molar-refractivity contribution in [2.24, 2.45) is 20.0 Å². The average molecular weight is 315 g/mol. The molecule has 0 aromatic carbocycles. The quantitative estimate of drug-likeness (QED) is 0.921. The standard InChI is InChI=1S/C17H25N5O/c1-21-11-14(16(20-21)12-5-6-12)18-10-13-4-3-9-23-17(13)15-7-8-19-22(15)2/h7-8,11-13,17-18H,3-6,9-10H2,1-2H3/t13-,17+/m0/s1. The van der Waals surface area contributed by atoms with Crippen molar-refractivity contribution >= 4 is 5.69 Å². The van der Waals surface area contributed by atoms with Gasteiger partial charge in [0.25, 0.3) is 0 Å². The summed E-state index contributed by atoms with van der Waals surface area (Å²) in [6.07, 6.45) is 8.95. The zero-order chi connectivity index (χ0) is 15.8. The van der Waals surface area contributed by atoms with Crippen molar-refractivity contribution in [1.82, 2.24) is 19.6 Å².